The number of aromatic nitrogens is 3. The topological polar surface area (TPSA) is 132 Å². The predicted octanol–water partition coefficient (Wildman–Crippen LogP) is 1.05. The molecule has 12 heteroatoms. The van der Waals surface area contributed by atoms with Crippen molar-refractivity contribution in [3.8, 4) is 11.8 Å². The quantitative estimate of drug-likeness (QED) is 0.743. The molecule has 2 aromatic heterocycles. The van der Waals surface area contributed by atoms with E-state index in [0.717, 1.165) is 0 Å². The van der Waals surface area contributed by atoms with Gasteiger partial charge >= 0.3 is 6.03 Å². The first-order valence-corrected chi connectivity index (χ1v) is 8.13. The highest BCUT2D eigenvalue weighted by atomic mass is 35.5. The van der Waals surface area contributed by atoms with E-state index >= 15 is 0 Å². The Balaban J connectivity index is 2.18. The van der Waals surface area contributed by atoms with Gasteiger partial charge in [0, 0.05) is 6.20 Å². The largest absolute Gasteiger partial charge is 0.481 e. The van der Waals surface area contributed by atoms with Crippen molar-refractivity contribution in [1.82, 2.24) is 19.7 Å². The van der Waals surface area contributed by atoms with E-state index in [1.807, 2.05) is 0 Å². The molecule has 0 bridgehead atoms. The van der Waals surface area contributed by atoms with Crippen molar-refractivity contribution >= 4 is 33.6 Å². The average molecular weight is 374 g/mol. The van der Waals surface area contributed by atoms with Crippen molar-refractivity contribution in [2.45, 2.75) is 4.90 Å². The number of amides is 2. The van der Waals surface area contributed by atoms with Gasteiger partial charge in [-0.2, -0.15) is 9.97 Å². The van der Waals surface area contributed by atoms with Crippen molar-refractivity contribution in [2.75, 3.05) is 19.5 Å². The first-order chi connectivity index (χ1) is 11.4. The van der Waals surface area contributed by atoms with Crippen molar-refractivity contribution < 1.29 is 22.7 Å². The van der Waals surface area contributed by atoms with Crippen LogP contribution in [0.3, 0.4) is 0 Å². The number of anilines is 1. The van der Waals surface area contributed by atoms with E-state index < -0.39 is 16.1 Å². The monoisotopic (exact) mass is 373 g/mol. The molecule has 0 saturated carbocycles. The second-order valence-corrected chi connectivity index (χ2v) is 6.14. The zero-order chi connectivity index (χ0) is 17.7. The highest BCUT2D eigenvalue weighted by Crippen LogP contribution is 2.19. The molecule has 10 nitrogen and oxygen atoms in total. The number of nitrogens with one attached hydrogen (secondary N) is 2. The van der Waals surface area contributed by atoms with E-state index in [2.05, 4.69) is 20.3 Å². The molecule has 0 saturated heterocycles. The lowest BCUT2D eigenvalue weighted by Gasteiger charge is -2.09. The standard InChI is InChI=1S/C12H12ClN5O5S/c1-22-8-6-9(23-2)16-11(15-8)17-12(19)18-24(20,21)7-4-3-5-14-10(7)13/h3-6H,1-2H3,(H2,15,16,17,18,19). The zero-order valence-electron chi connectivity index (χ0n) is 12.5. The van der Waals surface area contributed by atoms with Crippen LogP contribution in [0.1, 0.15) is 0 Å². The normalized spacial score (nSPS) is 10.8. The number of ether oxygens (including phenoxy) is 2. The van der Waals surface area contributed by atoms with Crippen LogP contribution in [-0.2, 0) is 10.0 Å². The molecule has 2 aromatic rings. The Morgan fingerprint density at radius 3 is 2.38 bits per heavy atom. The number of methoxy groups -OCH3 is 2. The van der Waals surface area contributed by atoms with E-state index in [4.69, 9.17) is 21.1 Å². The van der Waals surface area contributed by atoms with Gasteiger partial charge in [-0.15, -0.1) is 0 Å². The number of rotatable bonds is 5. The van der Waals surface area contributed by atoms with Crippen LogP contribution in [0.15, 0.2) is 29.3 Å². The summed E-state index contributed by atoms with van der Waals surface area (Å²) < 4.78 is 35.8. The molecule has 0 aliphatic rings. The molecule has 24 heavy (non-hydrogen) atoms. The van der Waals surface area contributed by atoms with E-state index in [-0.39, 0.29) is 27.8 Å². The number of pyridine rings is 1. The van der Waals surface area contributed by atoms with Gasteiger partial charge in [-0.1, -0.05) is 11.6 Å². The molecule has 0 aromatic carbocycles. The Kier molecular flexibility index (Phi) is 5.36. The van der Waals surface area contributed by atoms with Crippen LogP contribution in [0, 0.1) is 0 Å². The van der Waals surface area contributed by atoms with E-state index in [0.29, 0.717) is 0 Å². The van der Waals surface area contributed by atoms with E-state index in [9.17, 15) is 13.2 Å². The minimum atomic E-state index is -4.22. The second-order valence-electron chi connectivity index (χ2n) is 4.13. The number of carbonyl (C=O) groups is 1. The minimum Gasteiger partial charge on any atom is -0.481 e. The number of sulfonamides is 1. The van der Waals surface area contributed by atoms with Crippen molar-refractivity contribution in [2.24, 2.45) is 0 Å². The predicted molar refractivity (Wildman–Crippen MR) is 83.7 cm³/mol. The lowest BCUT2D eigenvalue weighted by Crippen LogP contribution is -2.35. The summed E-state index contributed by atoms with van der Waals surface area (Å²) in [5, 5.41) is 1.90. The third kappa shape index (κ3) is 4.20. The van der Waals surface area contributed by atoms with Crippen molar-refractivity contribution in [3.05, 3.63) is 29.5 Å². The average Bonchev–Trinajstić information content (AvgIpc) is 2.53. The maximum absolute atomic E-state index is 12.1. The van der Waals surface area contributed by atoms with Gasteiger partial charge in [0.2, 0.25) is 17.7 Å². The van der Waals surface area contributed by atoms with Crippen LogP contribution >= 0.6 is 11.6 Å². The summed E-state index contributed by atoms with van der Waals surface area (Å²) in [5.74, 6) is 0.0294. The summed E-state index contributed by atoms with van der Waals surface area (Å²) in [5.41, 5.74) is 0. The molecular formula is C12H12ClN5O5S. The van der Waals surface area contributed by atoms with Crippen LogP contribution in [0.25, 0.3) is 0 Å². The van der Waals surface area contributed by atoms with Gasteiger partial charge in [-0.25, -0.2) is 22.9 Å². The van der Waals surface area contributed by atoms with Gasteiger partial charge in [0.15, 0.2) is 0 Å². The summed E-state index contributed by atoms with van der Waals surface area (Å²) in [7, 11) is -1.49. The van der Waals surface area contributed by atoms with Crippen molar-refractivity contribution in [3.63, 3.8) is 0 Å². The maximum Gasteiger partial charge on any atom is 0.335 e. The molecule has 0 unspecified atom stereocenters. The fourth-order valence-corrected chi connectivity index (χ4v) is 2.91. The number of carbonyl (C=O) groups excluding carboxylic acids is 1. The fraction of sp³-hybridized carbons (Fsp3) is 0.167. The second kappa shape index (κ2) is 7.27. The highest BCUT2D eigenvalue weighted by molar-refractivity contribution is 7.90. The fourth-order valence-electron chi connectivity index (χ4n) is 1.54. The molecule has 2 rings (SSSR count). The summed E-state index contributed by atoms with van der Waals surface area (Å²) >= 11 is 5.71. The Hall–Kier alpha value is -2.66. The van der Waals surface area contributed by atoms with E-state index in [1.165, 1.54) is 38.6 Å². The molecule has 2 amide bonds. The SMILES string of the molecule is COc1cc(OC)nc(NC(=O)NS(=O)(=O)c2cccnc2Cl)n1. The lowest BCUT2D eigenvalue weighted by atomic mass is 10.5. The summed E-state index contributed by atoms with van der Waals surface area (Å²) in [4.78, 5) is 22.9. The van der Waals surface area contributed by atoms with Gasteiger partial charge < -0.3 is 9.47 Å². The summed E-state index contributed by atoms with van der Waals surface area (Å²) in [6.07, 6.45) is 1.32. The molecule has 128 valence electrons. The summed E-state index contributed by atoms with van der Waals surface area (Å²) in [6, 6.07) is 2.87. The zero-order valence-corrected chi connectivity index (χ0v) is 14.1. The molecule has 0 spiro atoms. The van der Waals surface area contributed by atoms with Crippen molar-refractivity contribution in [1.29, 1.82) is 0 Å². The molecule has 0 fully saturated rings. The Bertz CT molecular complexity index is 838. The van der Waals surface area contributed by atoms with Gasteiger partial charge in [-0.05, 0) is 12.1 Å². The molecule has 0 radical (unpaired) electrons. The van der Waals surface area contributed by atoms with Crippen LogP contribution in [-0.4, -0.2) is 43.6 Å². The van der Waals surface area contributed by atoms with Crippen LogP contribution in [0.2, 0.25) is 5.15 Å². The molecule has 0 aliphatic heterocycles. The molecule has 0 aliphatic carbocycles. The minimum absolute atomic E-state index is 0.121. The number of hydrogen-bond donors (Lipinski definition) is 2. The van der Waals surface area contributed by atoms with Gasteiger partial charge in [0.25, 0.3) is 10.0 Å². The number of hydrogen-bond acceptors (Lipinski definition) is 8. The van der Waals surface area contributed by atoms with Crippen LogP contribution in [0.4, 0.5) is 10.7 Å². The lowest BCUT2D eigenvalue weighted by molar-refractivity contribution is 0.256. The highest BCUT2D eigenvalue weighted by Gasteiger charge is 2.22. The van der Waals surface area contributed by atoms with Crippen LogP contribution in [0.5, 0.6) is 11.8 Å². The number of urea groups is 1. The first-order valence-electron chi connectivity index (χ1n) is 6.27. The smallest absolute Gasteiger partial charge is 0.335 e. The molecular weight excluding hydrogens is 362 g/mol. The van der Waals surface area contributed by atoms with E-state index in [1.54, 1.807) is 4.72 Å². The molecule has 2 N–H and O–H groups in total. The summed E-state index contributed by atoms with van der Waals surface area (Å²) in [6.45, 7) is 0. The van der Waals surface area contributed by atoms with Gasteiger partial charge in [0.05, 0.1) is 20.3 Å². The Morgan fingerprint density at radius 2 is 1.83 bits per heavy atom. The van der Waals surface area contributed by atoms with Gasteiger partial charge in [-0.3, -0.25) is 5.32 Å². The first kappa shape index (κ1) is 17.7. The van der Waals surface area contributed by atoms with Gasteiger partial charge in [0.1, 0.15) is 10.0 Å². The third-order valence-corrected chi connectivity index (χ3v) is 4.34. The number of nitrogens with zero attached hydrogens (tertiary/aromatic N) is 3. The van der Waals surface area contributed by atoms with Crippen LogP contribution < -0.4 is 19.5 Å². The Labute approximate surface area is 142 Å². The Morgan fingerprint density at radius 1 is 1.21 bits per heavy atom. The molecule has 2 heterocycles. The maximum atomic E-state index is 12.1. The molecule has 0 atom stereocenters. The third-order valence-electron chi connectivity index (χ3n) is 2.56. The number of halogens is 1.